The second-order valence-electron chi connectivity index (χ2n) is 9.42. The molecule has 2 atom stereocenters. The third-order valence-corrected chi connectivity index (χ3v) is 8.78. The summed E-state index contributed by atoms with van der Waals surface area (Å²) in [5.74, 6) is -4.35. The van der Waals surface area contributed by atoms with E-state index in [1.165, 1.54) is 18.9 Å². The number of rotatable bonds is 10. The molecule has 0 bridgehead atoms. The van der Waals surface area contributed by atoms with E-state index in [1.807, 2.05) is 12.1 Å². The topological polar surface area (TPSA) is 151 Å². The summed E-state index contributed by atoms with van der Waals surface area (Å²) in [5.41, 5.74) is 1.58. The second kappa shape index (κ2) is 14.0. The number of ether oxygens (including phenoxy) is 1. The van der Waals surface area contributed by atoms with Gasteiger partial charge in [-0.25, -0.2) is 4.79 Å². The van der Waals surface area contributed by atoms with Crippen LogP contribution >= 0.6 is 23.1 Å². The number of hydrogen-bond acceptors (Lipinski definition) is 8. The van der Waals surface area contributed by atoms with E-state index in [0.717, 1.165) is 11.3 Å². The maximum atomic E-state index is 12.9. The minimum absolute atomic E-state index is 0.0188. The minimum atomic E-state index is -1.00. The van der Waals surface area contributed by atoms with Crippen LogP contribution < -0.4 is 16.0 Å². The van der Waals surface area contributed by atoms with E-state index in [-0.39, 0.29) is 27.1 Å². The lowest BCUT2D eigenvalue weighted by atomic mass is 9.82. The largest absolute Gasteiger partial charge is 0.481 e. The van der Waals surface area contributed by atoms with Crippen LogP contribution in [0.1, 0.15) is 38.4 Å². The number of para-hydroxylation sites is 1. The molecule has 2 unspecified atom stereocenters. The zero-order valence-electron chi connectivity index (χ0n) is 22.8. The standard InChI is InChI=1S/C30H29N3O7S2/c1-17-24(30(39)40-2)28(42-25(17)27(36)31-18-9-4-3-5-10-18)33-23(34)16-41-20-12-8-11-19(15-20)32-26(35)21-13-6-7-14-22(21)29(37)38/h3-12,15,21-22H,13-14,16H2,1-2H3,(H,31,36)(H,32,35)(H,33,34)(H,37,38). The highest BCUT2D eigenvalue weighted by atomic mass is 32.2. The Balaban J connectivity index is 1.41. The zero-order valence-corrected chi connectivity index (χ0v) is 24.5. The number of methoxy groups -OCH3 is 1. The van der Waals surface area contributed by atoms with Gasteiger partial charge >= 0.3 is 11.9 Å². The number of benzene rings is 2. The number of carbonyl (C=O) groups is 5. The minimum Gasteiger partial charge on any atom is -0.481 e. The van der Waals surface area contributed by atoms with E-state index in [0.29, 0.717) is 34.7 Å². The predicted octanol–water partition coefficient (Wildman–Crippen LogP) is 5.43. The molecule has 0 saturated carbocycles. The van der Waals surface area contributed by atoms with Crippen molar-refractivity contribution >= 4 is 69.1 Å². The Labute approximate surface area is 250 Å². The average Bonchev–Trinajstić information content (AvgIpc) is 3.31. The van der Waals surface area contributed by atoms with Crippen LogP contribution in [0.3, 0.4) is 0 Å². The number of allylic oxidation sites excluding steroid dienone is 2. The van der Waals surface area contributed by atoms with Crippen LogP contribution in [-0.2, 0) is 19.1 Å². The van der Waals surface area contributed by atoms with Crippen molar-refractivity contribution in [2.24, 2.45) is 11.8 Å². The number of esters is 1. The summed E-state index contributed by atoms with van der Waals surface area (Å²) >= 11 is 2.19. The normalized spacial score (nSPS) is 15.9. The molecule has 0 radical (unpaired) electrons. The van der Waals surface area contributed by atoms with Crippen molar-refractivity contribution in [2.45, 2.75) is 24.7 Å². The summed E-state index contributed by atoms with van der Waals surface area (Å²) in [5, 5.41) is 18.0. The number of nitrogens with one attached hydrogen (secondary N) is 3. The summed E-state index contributed by atoms with van der Waals surface area (Å²) < 4.78 is 4.90. The third-order valence-electron chi connectivity index (χ3n) is 6.59. The molecule has 1 aromatic heterocycles. The molecular weight excluding hydrogens is 578 g/mol. The number of carboxylic acids is 1. The van der Waals surface area contributed by atoms with Crippen LogP contribution in [0.2, 0.25) is 0 Å². The molecule has 3 amide bonds. The molecule has 12 heteroatoms. The number of aliphatic carboxylic acids is 1. The van der Waals surface area contributed by atoms with Crippen molar-refractivity contribution in [3.05, 3.63) is 82.8 Å². The maximum Gasteiger partial charge on any atom is 0.341 e. The Kier molecular flexibility index (Phi) is 10.2. The quantitative estimate of drug-likeness (QED) is 0.135. The summed E-state index contributed by atoms with van der Waals surface area (Å²) in [4.78, 5) is 63.7. The van der Waals surface area contributed by atoms with Gasteiger partial charge in [0.25, 0.3) is 5.91 Å². The van der Waals surface area contributed by atoms with Gasteiger partial charge in [0.05, 0.1) is 35.1 Å². The fraction of sp³-hybridized carbons (Fsp3) is 0.233. The molecule has 0 spiro atoms. The van der Waals surface area contributed by atoms with Gasteiger partial charge in [-0.15, -0.1) is 23.1 Å². The van der Waals surface area contributed by atoms with Crippen molar-refractivity contribution in [1.82, 2.24) is 0 Å². The monoisotopic (exact) mass is 607 g/mol. The molecule has 0 saturated heterocycles. The van der Waals surface area contributed by atoms with Crippen molar-refractivity contribution < 1.29 is 33.8 Å². The molecule has 42 heavy (non-hydrogen) atoms. The molecular formula is C30H29N3O7S2. The molecule has 2 aromatic carbocycles. The number of carbonyl (C=O) groups excluding carboxylic acids is 4. The number of thiophene rings is 1. The van der Waals surface area contributed by atoms with Crippen molar-refractivity contribution in [3.63, 3.8) is 0 Å². The van der Waals surface area contributed by atoms with Gasteiger partial charge in [-0.3, -0.25) is 19.2 Å². The number of anilines is 3. The molecule has 1 heterocycles. The van der Waals surface area contributed by atoms with Crippen LogP contribution in [0.25, 0.3) is 0 Å². The van der Waals surface area contributed by atoms with E-state index in [1.54, 1.807) is 61.5 Å². The van der Waals surface area contributed by atoms with Crippen LogP contribution in [0.5, 0.6) is 0 Å². The fourth-order valence-electron chi connectivity index (χ4n) is 4.46. The van der Waals surface area contributed by atoms with E-state index < -0.39 is 35.6 Å². The van der Waals surface area contributed by atoms with Gasteiger partial charge in [0, 0.05) is 16.3 Å². The number of thioether (sulfide) groups is 1. The molecule has 218 valence electrons. The van der Waals surface area contributed by atoms with E-state index >= 15 is 0 Å². The Hall–Kier alpha value is -4.42. The lowest BCUT2D eigenvalue weighted by Crippen LogP contribution is -2.34. The van der Waals surface area contributed by atoms with E-state index in [9.17, 15) is 29.1 Å². The molecule has 3 aromatic rings. The van der Waals surface area contributed by atoms with Crippen LogP contribution in [0, 0.1) is 18.8 Å². The Morgan fingerprint density at radius 1 is 0.929 bits per heavy atom. The lowest BCUT2D eigenvalue weighted by molar-refractivity contribution is -0.146. The molecule has 1 aliphatic carbocycles. The highest BCUT2D eigenvalue weighted by molar-refractivity contribution is 8.00. The molecule has 0 fully saturated rings. The Morgan fingerprint density at radius 2 is 1.62 bits per heavy atom. The smallest absolute Gasteiger partial charge is 0.341 e. The first-order valence-electron chi connectivity index (χ1n) is 13.0. The highest BCUT2D eigenvalue weighted by Crippen LogP contribution is 2.35. The molecule has 10 nitrogen and oxygen atoms in total. The number of carboxylic acid groups (broad SMARTS) is 1. The SMILES string of the molecule is COC(=O)c1c(NC(=O)CSc2cccc(NC(=O)C3CC=CCC3C(=O)O)c2)sc(C(=O)Nc2ccccc2)c1C. The third kappa shape index (κ3) is 7.45. The Bertz CT molecular complexity index is 1530. The van der Waals surface area contributed by atoms with Crippen molar-refractivity contribution in [1.29, 1.82) is 0 Å². The van der Waals surface area contributed by atoms with Gasteiger partial charge in [0.2, 0.25) is 11.8 Å². The highest BCUT2D eigenvalue weighted by Gasteiger charge is 2.34. The van der Waals surface area contributed by atoms with E-state index in [4.69, 9.17) is 4.74 Å². The van der Waals surface area contributed by atoms with E-state index in [2.05, 4.69) is 16.0 Å². The average molecular weight is 608 g/mol. The molecule has 4 rings (SSSR count). The molecule has 0 aliphatic heterocycles. The summed E-state index contributed by atoms with van der Waals surface area (Å²) in [6, 6.07) is 15.8. The summed E-state index contributed by atoms with van der Waals surface area (Å²) in [6.07, 6.45) is 4.24. The van der Waals surface area contributed by atoms with Gasteiger partial charge in [-0.1, -0.05) is 36.4 Å². The maximum absolute atomic E-state index is 12.9. The van der Waals surface area contributed by atoms with Crippen molar-refractivity contribution in [2.75, 3.05) is 28.8 Å². The van der Waals surface area contributed by atoms with Gasteiger partial charge in [0.1, 0.15) is 5.00 Å². The first-order valence-corrected chi connectivity index (χ1v) is 14.8. The Morgan fingerprint density at radius 3 is 2.31 bits per heavy atom. The van der Waals surface area contributed by atoms with Crippen LogP contribution in [0.4, 0.5) is 16.4 Å². The summed E-state index contributed by atoms with van der Waals surface area (Å²) in [6.45, 7) is 1.62. The van der Waals surface area contributed by atoms with Gasteiger partial charge in [0.15, 0.2) is 0 Å². The fourth-order valence-corrected chi connectivity index (χ4v) is 6.32. The number of amides is 3. The van der Waals surface area contributed by atoms with Crippen molar-refractivity contribution in [3.8, 4) is 0 Å². The predicted molar refractivity (Wildman–Crippen MR) is 162 cm³/mol. The van der Waals surface area contributed by atoms with Gasteiger partial charge in [-0.05, 0) is 55.7 Å². The first kappa shape index (κ1) is 30.5. The molecule has 1 aliphatic rings. The van der Waals surface area contributed by atoms with Gasteiger partial charge in [-0.2, -0.15) is 0 Å². The van der Waals surface area contributed by atoms with Crippen LogP contribution in [0.15, 0.2) is 71.6 Å². The first-order chi connectivity index (χ1) is 20.2. The second-order valence-corrected chi connectivity index (χ2v) is 11.5. The lowest BCUT2D eigenvalue weighted by Gasteiger charge is -2.24. The van der Waals surface area contributed by atoms with Crippen LogP contribution in [-0.4, -0.2) is 47.6 Å². The van der Waals surface area contributed by atoms with Gasteiger partial charge < -0.3 is 25.8 Å². The number of hydrogen-bond donors (Lipinski definition) is 4. The summed E-state index contributed by atoms with van der Waals surface area (Å²) in [7, 11) is 1.23. The molecule has 4 N–H and O–H groups in total. The zero-order chi connectivity index (χ0) is 30.2.